The number of nitrogens with two attached hydrogens (primary N) is 2. The lowest BCUT2D eigenvalue weighted by molar-refractivity contribution is 0.0206. The highest BCUT2D eigenvalue weighted by molar-refractivity contribution is 7.21. The number of hydrogen-bond acceptors (Lipinski definition) is 9. The summed E-state index contributed by atoms with van der Waals surface area (Å²) in [5, 5.41) is 14.7. The number of ether oxygens (including phenoxy) is 2. The lowest BCUT2D eigenvalue weighted by atomic mass is 10.0. The smallest absolute Gasteiger partial charge is 0.260 e. The third-order valence-corrected chi connectivity index (χ3v) is 6.86. The molecule has 1 aliphatic heterocycles. The Morgan fingerprint density at radius 1 is 1.38 bits per heavy atom. The van der Waals surface area contributed by atoms with Crippen molar-refractivity contribution in [3.05, 3.63) is 40.8 Å². The van der Waals surface area contributed by atoms with Crippen LogP contribution < -0.4 is 16.8 Å². The Morgan fingerprint density at radius 2 is 2.24 bits per heavy atom. The Balaban J connectivity index is 1.53. The average Bonchev–Trinajstić information content (AvgIpc) is 3.57. The van der Waals surface area contributed by atoms with Crippen LogP contribution >= 0.6 is 11.3 Å². The van der Waals surface area contributed by atoms with Crippen molar-refractivity contribution in [2.75, 3.05) is 37.4 Å². The summed E-state index contributed by atoms with van der Waals surface area (Å²) in [6.07, 6.45) is 2.21. The second-order valence-corrected chi connectivity index (χ2v) is 9.00. The Kier molecular flexibility index (Phi) is 6.06. The van der Waals surface area contributed by atoms with Crippen molar-refractivity contribution in [2.45, 2.75) is 18.9 Å². The molecular weight excluding hydrogens is 454 g/mol. The van der Waals surface area contributed by atoms with Crippen molar-refractivity contribution in [1.82, 2.24) is 4.98 Å². The molecule has 5 rings (SSSR count). The molecule has 4 heterocycles. The zero-order valence-electron chi connectivity index (χ0n) is 18.3. The summed E-state index contributed by atoms with van der Waals surface area (Å²) in [6.45, 7) is 2.17. The van der Waals surface area contributed by atoms with Crippen molar-refractivity contribution in [3.8, 4) is 17.4 Å². The van der Waals surface area contributed by atoms with Crippen LogP contribution in [0.1, 0.15) is 28.1 Å². The molecule has 0 aliphatic carbocycles. The van der Waals surface area contributed by atoms with Crippen LogP contribution in [-0.4, -0.2) is 43.4 Å². The van der Waals surface area contributed by atoms with Gasteiger partial charge in [-0.25, -0.2) is 4.98 Å². The Labute approximate surface area is 199 Å². The number of hydrogen-bond donors (Lipinski definition) is 3. The molecule has 0 radical (unpaired) electrons. The molecule has 5 N–H and O–H groups in total. The molecule has 34 heavy (non-hydrogen) atoms. The number of thiophene rings is 1. The molecule has 1 unspecified atom stereocenters. The number of benzene rings is 1. The highest BCUT2D eigenvalue weighted by Crippen LogP contribution is 2.44. The number of amides is 1. The number of rotatable bonds is 8. The van der Waals surface area contributed by atoms with E-state index >= 15 is 0 Å². The van der Waals surface area contributed by atoms with Gasteiger partial charge in [0, 0.05) is 23.9 Å². The minimum Gasteiger partial charge on any atom is -0.456 e. The zero-order valence-corrected chi connectivity index (χ0v) is 19.1. The summed E-state index contributed by atoms with van der Waals surface area (Å²) >= 11 is 1.09. The van der Waals surface area contributed by atoms with Gasteiger partial charge in [-0.05, 0) is 25.0 Å². The maximum Gasteiger partial charge on any atom is 0.260 e. The van der Waals surface area contributed by atoms with Crippen LogP contribution in [0.25, 0.3) is 32.5 Å². The fourth-order valence-corrected chi connectivity index (χ4v) is 5.11. The number of para-hydroxylation sites is 1. The first-order valence-electron chi connectivity index (χ1n) is 10.9. The SMILES string of the molecule is N#Cc1c(NCCOCC2CCCO2)nc2sc(C(N)=O)c(N)c2c1-c1cc2ccccc2o1. The van der Waals surface area contributed by atoms with E-state index < -0.39 is 5.91 Å². The minimum absolute atomic E-state index is 0.144. The van der Waals surface area contributed by atoms with Crippen molar-refractivity contribution in [1.29, 1.82) is 5.26 Å². The van der Waals surface area contributed by atoms with E-state index in [1.807, 2.05) is 30.3 Å². The second-order valence-electron chi connectivity index (χ2n) is 8.00. The van der Waals surface area contributed by atoms with Gasteiger partial charge in [-0.15, -0.1) is 11.3 Å². The number of aromatic nitrogens is 1. The van der Waals surface area contributed by atoms with Gasteiger partial charge in [0.1, 0.15) is 38.5 Å². The summed E-state index contributed by atoms with van der Waals surface area (Å²) < 4.78 is 17.4. The molecule has 3 aromatic heterocycles. The number of carbonyl (C=O) groups excluding carboxylic acids is 1. The highest BCUT2D eigenvalue weighted by Gasteiger charge is 2.26. The first-order chi connectivity index (χ1) is 16.6. The molecule has 1 atom stereocenters. The molecule has 1 aliphatic rings. The topological polar surface area (TPSA) is 149 Å². The van der Waals surface area contributed by atoms with E-state index in [9.17, 15) is 10.1 Å². The maximum absolute atomic E-state index is 12.0. The number of nitrogens with zero attached hydrogens (tertiary/aromatic N) is 2. The van der Waals surface area contributed by atoms with Gasteiger partial charge in [0.05, 0.1) is 30.6 Å². The van der Waals surface area contributed by atoms with Gasteiger partial charge in [0.25, 0.3) is 5.91 Å². The number of carbonyl (C=O) groups is 1. The maximum atomic E-state index is 12.0. The van der Waals surface area contributed by atoms with Crippen LogP contribution in [0.15, 0.2) is 34.7 Å². The zero-order chi connectivity index (χ0) is 23.7. The summed E-state index contributed by atoms with van der Waals surface area (Å²) in [5.74, 6) is 0.179. The van der Waals surface area contributed by atoms with Gasteiger partial charge in [-0.2, -0.15) is 5.26 Å². The van der Waals surface area contributed by atoms with Crippen LogP contribution in [-0.2, 0) is 9.47 Å². The van der Waals surface area contributed by atoms with Crippen LogP contribution in [0.5, 0.6) is 0 Å². The molecule has 4 aromatic rings. The summed E-state index contributed by atoms with van der Waals surface area (Å²) in [6, 6.07) is 11.6. The van der Waals surface area contributed by atoms with Crippen molar-refractivity contribution in [3.63, 3.8) is 0 Å². The quantitative estimate of drug-likeness (QED) is 0.324. The standard InChI is InChI=1S/C24H23N5O4S/c25-11-15-18(17-10-13-4-1-2-6-16(13)33-17)19-20(26)21(22(27)30)34-24(19)29-23(15)28-7-9-31-12-14-5-3-8-32-14/h1-2,4,6,10,14H,3,5,7-9,12,26H2,(H2,27,30)(H,28,29). The van der Waals surface area contributed by atoms with Crippen molar-refractivity contribution < 1.29 is 18.7 Å². The first-order valence-corrected chi connectivity index (χ1v) is 11.8. The van der Waals surface area contributed by atoms with Gasteiger partial charge >= 0.3 is 0 Å². The number of nitrogens with one attached hydrogen (secondary N) is 1. The number of nitrogen functional groups attached to an aromatic ring is 1. The molecule has 174 valence electrons. The number of pyridine rings is 1. The molecule has 0 saturated carbocycles. The van der Waals surface area contributed by atoms with Gasteiger partial charge in [0.15, 0.2) is 0 Å². The monoisotopic (exact) mass is 477 g/mol. The third-order valence-electron chi connectivity index (χ3n) is 5.75. The lowest BCUT2D eigenvalue weighted by Crippen LogP contribution is -2.18. The molecule has 0 spiro atoms. The van der Waals surface area contributed by atoms with E-state index in [0.29, 0.717) is 52.7 Å². The minimum atomic E-state index is -0.647. The number of fused-ring (bicyclic) bond motifs is 2. The molecule has 1 aromatic carbocycles. The van der Waals surface area contributed by atoms with E-state index in [4.69, 9.17) is 25.4 Å². The number of furan rings is 1. The summed E-state index contributed by atoms with van der Waals surface area (Å²) in [5.41, 5.74) is 13.5. The average molecular weight is 478 g/mol. The van der Waals surface area contributed by atoms with Gasteiger partial charge in [-0.3, -0.25) is 4.79 Å². The van der Waals surface area contributed by atoms with Crippen LogP contribution in [0, 0.1) is 11.3 Å². The largest absolute Gasteiger partial charge is 0.456 e. The van der Waals surface area contributed by atoms with Gasteiger partial charge < -0.3 is 30.7 Å². The van der Waals surface area contributed by atoms with Crippen molar-refractivity contribution >= 4 is 49.9 Å². The molecule has 1 fully saturated rings. The van der Waals surface area contributed by atoms with Gasteiger partial charge in [0.2, 0.25) is 0 Å². The number of primary amides is 1. The number of anilines is 2. The fourth-order valence-electron chi connectivity index (χ4n) is 4.16. The van der Waals surface area contributed by atoms with E-state index in [1.165, 1.54) is 0 Å². The molecule has 1 amide bonds. The van der Waals surface area contributed by atoms with E-state index in [0.717, 1.165) is 36.2 Å². The van der Waals surface area contributed by atoms with Crippen LogP contribution in [0.2, 0.25) is 0 Å². The predicted octanol–water partition coefficient (Wildman–Crippen LogP) is 3.87. The molecule has 0 bridgehead atoms. The van der Waals surface area contributed by atoms with Crippen LogP contribution in [0.3, 0.4) is 0 Å². The predicted molar refractivity (Wildman–Crippen MR) is 131 cm³/mol. The molecule has 1 saturated heterocycles. The molecule has 9 nitrogen and oxygen atoms in total. The first kappa shape index (κ1) is 22.2. The number of nitriles is 1. The molecular formula is C24H23N5O4S. The highest BCUT2D eigenvalue weighted by atomic mass is 32.1. The normalized spacial score (nSPS) is 15.7. The van der Waals surface area contributed by atoms with Gasteiger partial charge in [-0.1, -0.05) is 18.2 Å². The van der Waals surface area contributed by atoms with E-state index in [2.05, 4.69) is 16.4 Å². The van der Waals surface area contributed by atoms with Crippen LogP contribution in [0.4, 0.5) is 11.5 Å². The second kappa shape index (κ2) is 9.30. The Bertz CT molecular complexity index is 1380. The van der Waals surface area contributed by atoms with E-state index in [1.54, 1.807) is 0 Å². The summed E-state index contributed by atoms with van der Waals surface area (Å²) in [4.78, 5) is 17.3. The summed E-state index contributed by atoms with van der Waals surface area (Å²) in [7, 11) is 0. The third kappa shape index (κ3) is 4.05. The van der Waals surface area contributed by atoms with Crippen molar-refractivity contribution in [2.24, 2.45) is 5.73 Å². The van der Waals surface area contributed by atoms with E-state index in [-0.39, 0.29) is 22.2 Å². The molecule has 10 heteroatoms. The fraction of sp³-hybridized carbons (Fsp3) is 0.292. The Morgan fingerprint density at radius 3 is 2.97 bits per heavy atom. The Hall–Kier alpha value is -3.65. The lowest BCUT2D eigenvalue weighted by Gasteiger charge is -2.13.